The van der Waals surface area contributed by atoms with E-state index in [9.17, 15) is 9.59 Å². The van der Waals surface area contributed by atoms with Gasteiger partial charge in [-0.05, 0) is 0 Å². The van der Waals surface area contributed by atoms with E-state index in [4.69, 9.17) is 20.3 Å². The summed E-state index contributed by atoms with van der Waals surface area (Å²) in [6, 6.07) is 1.34. The Morgan fingerprint density at radius 3 is 2.62 bits per heavy atom. The largest absolute Gasteiger partial charge is 0.479 e. The summed E-state index contributed by atoms with van der Waals surface area (Å²) in [6.45, 7) is 0.0168. The zero-order valence-electron chi connectivity index (χ0n) is 8.13. The number of rotatable bonds is 3. The van der Waals surface area contributed by atoms with E-state index in [0.29, 0.717) is 0 Å². The Balaban J connectivity index is 2.82. The van der Waals surface area contributed by atoms with E-state index in [-0.39, 0.29) is 19.6 Å². The quantitative estimate of drug-likeness (QED) is 0.312. The van der Waals surface area contributed by atoms with Gasteiger partial charge in [0.25, 0.3) is 5.91 Å². The van der Waals surface area contributed by atoms with E-state index in [0.717, 1.165) is 0 Å². The van der Waals surface area contributed by atoms with Gasteiger partial charge in [-0.3, -0.25) is 4.79 Å². The van der Waals surface area contributed by atoms with Crippen molar-refractivity contribution in [3.63, 3.8) is 0 Å². The molecule has 1 fully saturated rings. The molecule has 86 valence electrons. The molecule has 0 aliphatic carbocycles. The lowest BCUT2D eigenvalue weighted by Crippen LogP contribution is -2.56. The van der Waals surface area contributed by atoms with E-state index < -0.39 is 23.1 Å². The summed E-state index contributed by atoms with van der Waals surface area (Å²) >= 11 is 0. The Hall–Kier alpha value is -2.14. The van der Waals surface area contributed by atoms with Crippen molar-refractivity contribution in [1.82, 2.24) is 5.32 Å². The van der Waals surface area contributed by atoms with Gasteiger partial charge >= 0.3 is 5.97 Å². The van der Waals surface area contributed by atoms with Gasteiger partial charge in [0, 0.05) is 13.0 Å². The van der Waals surface area contributed by atoms with E-state index in [1.54, 1.807) is 0 Å². The van der Waals surface area contributed by atoms with Gasteiger partial charge in [-0.25, -0.2) is 4.79 Å². The Labute approximate surface area is 90.1 Å². The molecular weight excluding hydrogens is 218 g/mol. The third-order valence-corrected chi connectivity index (χ3v) is 2.20. The first kappa shape index (κ1) is 11.9. The molecule has 1 aliphatic rings. The molecule has 0 spiro atoms. The van der Waals surface area contributed by atoms with Crippen LogP contribution in [0, 0.1) is 11.3 Å². The molecule has 1 saturated heterocycles. The Kier molecular flexibility index (Phi) is 3.42. The molecule has 1 aliphatic heterocycles. The fourth-order valence-corrected chi connectivity index (χ4v) is 1.28. The standard InChI is InChI=1S/C8H9N3O5/c9-3-5(11-15)6(12)10-8(7(13)14)1-2-16-4-8/h15H,1-2,4H2,(H,10,12)(H,13,14)/t8-/m0/s1. The highest BCUT2D eigenvalue weighted by atomic mass is 16.5. The molecule has 8 nitrogen and oxygen atoms in total. The van der Waals surface area contributed by atoms with Crippen molar-refractivity contribution < 1.29 is 24.6 Å². The number of amides is 1. The second-order valence-electron chi connectivity index (χ2n) is 3.20. The van der Waals surface area contributed by atoms with Gasteiger partial charge in [0.05, 0.1) is 6.61 Å². The number of ether oxygens (including phenoxy) is 1. The molecule has 1 heterocycles. The first-order valence-electron chi connectivity index (χ1n) is 4.31. The average molecular weight is 227 g/mol. The number of oxime groups is 1. The summed E-state index contributed by atoms with van der Waals surface area (Å²) in [5, 5.41) is 30.3. The zero-order chi connectivity index (χ0) is 12.2. The highest BCUT2D eigenvalue weighted by Crippen LogP contribution is 2.18. The first-order valence-corrected chi connectivity index (χ1v) is 4.31. The number of nitrogens with zero attached hydrogens (tertiary/aromatic N) is 2. The molecule has 0 aromatic carbocycles. The number of carboxylic acid groups (broad SMARTS) is 1. The minimum Gasteiger partial charge on any atom is -0.479 e. The fraction of sp³-hybridized carbons (Fsp3) is 0.500. The van der Waals surface area contributed by atoms with Gasteiger partial charge in [0.1, 0.15) is 6.07 Å². The molecule has 0 aromatic heterocycles. The molecule has 0 radical (unpaired) electrons. The molecule has 8 heteroatoms. The summed E-state index contributed by atoms with van der Waals surface area (Å²) in [5.41, 5.74) is -2.35. The normalized spacial score (nSPS) is 24.8. The number of nitrogens with one attached hydrogen (secondary N) is 1. The van der Waals surface area contributed by atoms with Crippen molar-refractivity contribution in [2.45, 2.75) is 12.0 Å². The van der Waals surface area contributed by atoms with E-state index in [2.05, 4.69) is 10.5 Å². The SMILES string of the molecule is N#CC(=NO)C(=O)N[C@@]1(C(=O)O)CCOC1. The molecule has 0 unspecified atom stereocenters. The number of carboxylic acids is 1. The second kappa shape index (κ2) is 4.59. The van der Waals surface area contributed by atoms with Gasteiger partial charge in [-0.15, -0.1) is 0 Å². The van der Waals surface area contributed by atoms with Crippen LogP contribution in [0.3, 0.4) is 0 Å². The Morgan fingerprint density at radius 1 is 1.56 bits per heavy atom. The molecule has 1 rings (SSSR count). The second-order valence-corrected chi connectivity index (χ2v) is 3.20. The summed E-state index contributed by atoms with van der Waals surface area (Å²) < 4.78 is 4.89. The van der Waals surface area contributed by atoms with Crippen LogP contribution in [0.5, 0.6) is 0 Å². The Bertz CT molecular complexity index is 378. The number of aliphatic carboxylic acids is 1. The van der Waals surface area contributed by atoms with E-state index in [1.165, 1.54) is 6.07 Å². The zero-order valence-corrected chi connectivity index (χ0v) is 8.13. The minimum absolute atomic E-state index is 0.0954. The monoisotopic (exact) mass is 227 g/mol. The highest BCUT2D eigenvalue weighted by molar-refractivity contribution is 6.45. The van der Waals surface area contributed by atoms with Crippen molar-refractivity contribution in [2.24, 2.45) is 5.16 Å². The molecular formula is C8H9N3O5. The lowest BCUT2D eigenvalue weighted by atomic mass is 9.99. The number of hydrogen-bond donors (Lipinski definition) is 3. The molecule has 0 bridgehead atoms. The predicted octanol–water partition coefficient (Wildman–Crippen LogP) is -1.30. The number of hydrogen-bond acceptors (Lipinski definition) is 6. The van der Waals surface area contributed by atoms with E-state index >= 15 is 0 Å². The molecule has 0 aromatic rings. The van der Waals surface area contributed by atoms with Crippen LogP contribution in [0.2, 0.25) is 0 Å². The maximum Gasteiger partial charge on any atom is 0.331 e. The predicted molar refractivity (Wildman–Crippen MR) is 48.8 cm³/mol. The molecule has 0 saturated carbocycles. The summed E-state index contributed by atoms with van der Waals surface area (Å²) in [4.78, 5) is 22.3. The fourth-order valence-electron chi connectivity index (χ4n) is 1.28. The lowest BCUT2D eigenvalue weighted by Gasteiger charge is -2.22. The maximum atomic E-state index is 11.3. The smallest absolute Gasteiger partial charge is 0.331 e. The third kappa shape index (κ3) is 2.09. The van der Waals surface area contributed by atoms with E-state index in [1.807, 2.05) is 0 Å². The van der Waals surface area contributed by atoms with Gasteiger partial charge in [0.2, 0.25) is 5.71 Å². The number of nitriles is 1. The van der Waals surface area contributed by atoms with Gasteiger partial charge in [-0.2, -0.15) is 5.26 Å². The third-order valence-electron chi connectivity index (χ3n) is 2.20. The Morgan fingerprint density at radius 2 is 2.25 bits per heavy atom. The summed E-state index contributed by atoms with van der Waals surface area (Å²) in [7, 11) is 0. The summed E-state index contributed by atoms with van der Waals surface area (Å²) in [5.74, 6) is -2.30. The summed E-state index contributed by atoms with van der Waals surface area (Å²) in [6.07, 6.45) is 0.0954. The molecule has 1 atom stereocenters. The van der Waals surface area contributed by atoms with Gasteiger partial charge in [0.15, 0.2) is 5.54 Å². The lowest BCUT2D eigenvalue weighted by molar-refractivity contribution is -0.146. The highest BCUT2D eigenvalue weighted by Gasteiger charge is 2.44. The van der Waals surface area contributed by atoms with Crippen LogP contribution in [-0.2, 0) is 14.3 Å². The number of carbonyl (C=O) groups is 2. The van der Waals surface area contributed by atoms with Gasteiger partial charge < -0.3 is 20.4 Å². The van der Waals surface area contributed by atoms with Gasteiger partial charge in [-0.1, -0.05) is 5.16 Å². The van der Waals surface area contributed by atoms with Crippen molar-refractivity contribution in [2.75, 3.05) is 13.2 Å². The van der Waals surface area contributed by atoms with Crippen molar-refractivity contribution in [1.29, 1.82) is 5.26 Å². The van der Waals surface area contributed by atoms with Crippen LogP contribution < -0.4 is 5.32 Å². The molecule has 1 amide bonds. The van der Waals surface area contributed by atoms with Crippen LogP contribution in [0.25, 0.3) is 0 Å². The molecule has 3 N–H and O–H groups in total. The average Bonchev–Trinajstić information content (AvgIpc) is 2.69. The number of carbonyl (C=O) groups excluding carboxylic acids is 1. The maximum absolute atomic E-state index is 11.3. The minimum atomic E-state index is -1.55. The molecule has 16 heavy (non-hydrogen) atoms. The topological polar surface area (TPSA) is 132 Å². The van der Waals surface area contributed by atoms with Crippen LogP contribution in [0.15, 0.2) is 5.16 Å². The van der Waals surface area contributed by atoms with Crippen LogP contribution in [0.4, 0.5) is 0 Å². The van der Waals surface area contributed by atoms with Crippen LogP contribution in [-0.4, -0.2) is 46.7 Å². The first-order chi connectivity index (χ1) is 7.55. The van der Waals surface area contributed by atoms with Crippen LogP contribution in [0.1, 0.15) is 6.42 Å². The van der Waals surface area contributed by atoms with Crippen molar-refractivity contribution in [3.8, 4) is 6.07 Å². The van der Waals surface area contributed by atoms with Crippen LogP contribution >= 0.6 is 0 Å². The van der Waals surface area contributed by atoms with Crippen molar-refractivity contribution >= 4 is 17.6 Å². The van der Waals surface area contributed by atoms with Crippen molar-refractivity contribution in [3.05, 3.63) is 0 Å².